The number of hydrogen-bond acceptors (Lipinski definition) is 4. The van der Waals surface area contributed by atoms with Crippen molar-refractivity contribution in [1.82, 2.24) is 15.2 Å². The van der Waals surface area contributed by atoms with Crippen molar-refractivity contribution in [2.45, 2.75) is 19.6 Å². The Kier molecular flexibility index (Phi) is 4.91. The molecule has 1 saturated heterocycles. The largest absolute Gasteiger partial charge is 0.374 e. The highest BCUT2D eigenvalue weighted by Crippen LogP contribution is 2.04. The van der Waals surface area contributed by atoms with Crippen LogP contribution in [0.25, 0.3) is 0 Å². The Morgan fingerprint density at radius 3 is 3.24 bits per heavy atom. The van der Waals surface area contributed by atoms with Gasteiger partial charge < -0.3 is 10.1 Å². The summed E-state index contributed by atoms with van der Waals surface area (Å²) >= 11 is 0. The lowest BCUT2D eigenvalue weighted by Crippen LogP contribution is -2.46. The molecule has 1 aliphatic rings. The van der Waals surface area contributed by atoms with E-state index in [4.69, 9.17) is 4.74 Å². The third-order valence-corrected chi connectivity index (χ3v) is 3.07. The van der Waals surface area contributed by atoms with Gasteiger partial charge in [0, 0.05) is 32.4 Å². The van der Waals surface area contributed by atoms with Gasteiger partial charge in [-0.25, -0.2) is 0 Å². The zero-order valence-electron chi connectivity index (χ0n) is 10.4. The van der Waals surface area contributed by atoms with Gasteiger partial charge in [-0.15, -0.1) is 0 Å². The lowest BCUT2D eigenvalue weighted by Gasteiger charge is -2.32. The average Bonchev–Trinajstić information content (AvgIpc) is 2.40. The minimum atomic E-state index is 0.312. The van der Waals surface area contributed by atoms with E-state index < -0.39 is 0 Å². The van der Waals surface area contributed by atoms with E-state index in [1.165, 1.54) is 0 Å². The zero-order valence-corrected chi connectivity index (χ0v) is 10.4. The monoisotopic (exact) mass is 235 g/mol. The molecule has 17 heavy (non-hydrogen) atoms. The molecule has 0 saturated carbocycles. The summed E-state index contributed by atoms with van der Waals surface area (Å²) in [4.78, 5) is 6.71. The smallest absolute Gasteiger partial charge is 0.0826 e. The molecule has 0 radical (unpaired) electrons. The number of nitrogens with one attached hydrogen (secondary N) is 1. The lowest BCUT2D eigenvalue weighted by atomic mass is 10.2. The van der Waals surface area contributed by atoms with Crippen LogP contribution in [0.5, 0.6) is 0 Å². The molecular weight excluding hydrogens is 214 g/mol. The Labute approximate surface area is 103 Å². The number of pyridine rings is 1. The maximum Gasteiger partial charge on any atom is 0.0826 e. The standard InChI is InChI=1S/C13H21N3O/c1-2-16-7-8-17-13(11-16)10-14-9-12-5-3-4-6-15-12/h3-6,13-14H,2,7-11H2,1H3/t13-/m0/s1. The van der Waals surface area contributed by atoms with Crippen molar-refractivity contribution >= 4 is 0 Å². The topological polar surface area (TPSA) is 37.4 Å². The summed E-state index contributed by atoms with van der Waals surface area (Å²) in [6.07, 6.45) is 2.14. The molecule has 2 rings (SSSR count). The number of nitrogens with zero attached hydrogens (tertiary/aromatic N) is 2. The van der Waals surface area contributed by atoms with Gasteiger partial charge in [0.1, 0.15) is 0 Å². The minimum Gasteiger partial charge on any atom is -0.374 e. The highest BCUT2D eigenvalue weighted by molar-refractivity contribution is 5.02. The van der Waals surface area contributed by atoms with E-state index in [-0.39, 0.29) is 0 Å². The van der Waals surface area contributed by atoms with Crippen molar-refractivity contribution in [3.63, 3.8) is 0 Å². The quantitative estimate of drug-likeness (QED) is 0.822. The van der Waals surface area contributed by atoms with Gasteiger partial charge in [-0.2, -0.15) is 0 Å². The van der Waals surface area contributed by atoms with Crippen LogP contribution < -0.4 is 5.32 Å². The fourth-order valence-corrected chi connectivity index (χ4v) is 2.06. The van der Waals surface area contributed by atoms with Gasteiger partial charge in [-0.3, -0.25) is 9.88 Å². The van der Waals surface area contributed by atoms with Gasteiger partial charge in [0.15, 0.2) is 0 Å². The first-order valence-corrected chi connectivity index (χ1v) is 6.33. The predicted octanol–water partition coefficient (Wildman–Crippen LogP) is 0.892. The fraction of sp³-hybridized carbons (Fsp3) is 0.615. The maximum absolute atomic E-state index is 5.72. The van der Waals surface area contributed by atoms with Crippen molar-refractivity contribution in [1.29, 1.82) is 0 Å². The highest BCUT2D eigenvalue weighted by Gasteiger charge is 2.18. The van der Waals surface area contributed by atoms with Gasteiger partial charge >= 0.3 is 0 Å². The summed E-state index contributed by atoms with van der Waals surface area (Å²) in [6, 6.07) is 5.99. The number of hydrogen-bond donors (Lipinski definition) is 1. The van der Waals surface area contributed by atoms with Gasteiger partial charge in [-0.1, -0.05) is 13.0 Å². The van der Waals surface area contributed by atoms with Crippen LogP contribution in [0, 0.1) is 0 Å². The molecule has 4 nitrogen and oxygen atoms in total. The van der Waals surface area contributed by atoms with Gasteiger partial charge in [0.05, 0.1) is 18.4 Å². The summed E-state index contributed by atoms with van der Waals surface area (Å²) in [5.74, 6) is 0. The second-order valence-corrected chi connectivity index (χ2v) is 4.34. The third kappa shape index (κ3) is 4.07. The van der Waals surface area contributed by atoms with E-state index in [0.717, 1.165) is 45.0 Å². The van der Waals surface area contributed by atoms with Crippen molar-refractivity contribution in [2.24, 2.45) is 0 Å². The molecule has 0 aliphatic carbocycles. The minimum absolute atomic E-state index is 0.312. The van der Waals surface area contributed by atoms with E-state index in [1.807, 2.05) is 24.4 Å². The molecule has 0 amide bonds. The van der Waals surface area contributed by atoms with E-state index in [0.29, 0.717) is 6.10 Å². The summed E-state index contributed by atoms with van der Waals surface area (Å²) in [5, 5.41) is 3.40. The second-order valence-electron chi connectivity index (χ2n) is 4.34. The van der Waals surface area contributed by atoms with Crippen LogP contribution in [0.15, 0.2) is 24.4 Å². The Hall–Kier alpha value is -0.970. The van der Waals surface area contributed by atoms with E-state index in [1.54, 1.807) is 0 Å². The van der Waals surface area contributed by atoms with Crippen molar-refractivity contribution in [3.8, 4) is 0 Å². The van der Waals surface area contributed by atoms with Gasteiger partial charge in [0.25, 0.3) is 0 Å². The number of morpholine rings is 1. The van der Waals surface area contributed by atoms with Crippen LogP contribution in [0.2, 0.25) is 0 Å². The SMILES string of the molecule is CCN1CCO[C@@H](CNCc2ccccn2)C1. The molecule has 1 aromatic rings. The molecule has 0 unspecified atom stereocenters. The molecule has 0 aromatic carbocycles. The van der Waals surface area contributed by atoms with Gasteiger partial charge in [-0.05, 0) is 18.7 Å². The molecule has 4 heteroatoms. The third-order valence-electron chi connectivity index (χ3n) is 3.07. The van der Waals surface area contributed by atoms with Gasteiger partial charge in [0.2, 0.25) is 0 Å². The molecule has 2 heterocycles. The van der Waals surface area contributed by atoms with Crippen LogP contribution in [-0.2, 0) is 11.3 Å². The summed E-state index contributed by atoms with van der Waals surface area (Å²) in [6.45, 7) is 7.96. The number of rotatable bonds is 5. The molecule has 0 spiro atoms. The molecule has 0 bridgehead atoms. The molecule has 1 N–H and O–H groups in total. The molecule has 94 valence electrons. The normalized spacial score (nSPS) is 21.6. The van der Waals surface area contributed by atoms with Crippen LogP contribution in [0.3, 0.4) is 0 Å². The first kappa shape index (κ1) is 12.5. The fourth-order valence-electron chi connectivity index (χ4n) is 2.06. The Bertz CT molecular complexity index is 318. The Morgan fingerprint density at radius 2 is 2.47 bits per heavy atom. The summed E-state index contributed by atoms with van der Waals surface area (Å²) in [7, 11) is 0. The average molecular weight is 235 g/mol. The van der Waals surface area contributed by atoms with E-state index in [9.17, 15) is 0 Å². The van der Waals surface area contributed by atoms with Crippen LogP contribution in [0.4, 0.5) is 0 Å². The molecule has 1 atom stereocenters. The summed E-state index contributed by atoms with van der Waals surface area (Å²) in [5.41, 5.74) is 1.08. The molecular formula is C13H21N3O. The lowest BCUT2D eigenvalue weighted by molar-refractivity contribution is -0.0254. The first-order chi connectivity index (χ1) is 8.38. The second kappa shape index (κ2) is 6.69. The highest BCUT2D eigenvalue weighted by atomic mass is 16.5. The Morgan fingerprint density at radius 1 is 1.53 bits per heavy atom. The van der Waals surface area contributed by atoms with Crippen LogP contribution in [-0.4, -0.2) is 48.8 Å². The van der Waals surface area contributed by atoms with Crippen molar-refractivity contribution in [3.05, 3.63) is 30.1 Å². The Balaban J connectivity index is 1.68. The van der Waals surface area contributed by atoms with Crippen LogP contribution >= 0.6 is 0 Å². The predicted molar refractivity (Wildman–Crippen MR) is 67.8 cm³/mol. The van der Waals surface area contributed by atoms with Crippen molar-refractivity contribution in [2.75, 3.05) is 32.8 Å². The summed E-state index contributed by atoms with van der Waals surface area (Å²) < 4.78 is 5.72. The van der Waals surface area contributed by atoms with E-state index in [2.05, 4.69) is 22.1 Å². The van der Waals surface area contributed by atoms with E-state index >= 15 is 0 Å². The first-order valence-electron chi connectivity index (χ1n) is 6.33. The zero-order chi connectivity index (χ0) is 11.9. The number of likely N-dealkylation sites (N-methyl/N-ethyl adjacent to an activating group) is 1. The molecule has 1 fully saturated rings. The van der Waals surface area contributed by atoms with Crippen molar-refractivity contribution < 1.29 is 4.74 Å². The number of ether oxygens (including phenoxy) is 1. The number of aromatic nitrogens is 1. The van der Waals surface area contributed by atoms with Crippen LogP contribution in [0.1, 0.15) is 12.6 Å². The molecule has 1 aliphatic heterocycles. The maximum atomic E-state index is 5.72. The molecule has 1 aromatic heterocycles.